The van der Waals surface area contributed by atoms with Crippen molar-refractivity contribution in [2.45, 2.75) is 13.0 Å². The normalized spacial score (nSPS) is 12.7. The predicted molar refractivity (Wildman–Crippen MR) is 60.7 cm³/mol. The molecular formula is C13H12F3NO. The first-order valence-electron chi connectivity index (χ1n) is 5.40. The van der Waals surface area contributed by atoms with Gasteiger partial charge in [-0.2, -0.15) is 0 Å². The van der Waals surface area contributed by atoms with Crippen LogP contribution in [0.15, 0.2) is 28.9 Å². The molecule has 0 aliphatic heterocycles. The fraction of sp³-hybridized carbons (Fsp3) is 0.231. The lowest BCUT2D eigenvalue weighted by Crippen LogP contribution is -2.21. The summed E-state index contributed by atoms with van der Waals surface area (Å²) >= 11 is 0. The highest BCUT2D eigenvalue weighted by Gasteiger charge is 2.24. The summed E-state index contributed by atoms with van der Waals surface area (Å²) < 4.78 is 45.4. The average Bonchev–Trinajstić information content (AvgIpc) is 2.69. The Labute approximate surface area is 102 Å². The number of rotatable bonds is 3. The van der Waals surface area contributed by atoms with Gasteiger partial charge in [0.25, 0.3) is 0 Å². The van der Waals surface area contributed by atoms with E-state index in [9.17, 15) is 13.2 Å². The Hall–Kier alpha value is -1.75. The Balaban J connectivity index is 2.56. The van der Waals surface area contributed by atoms with Crippen molar-refractivity contribution in [3.63, 3.8) is 0 Å². The average molecular weight is 255 g/mol. The predicted octanol–water partition coefficient (Wildman–Crippen LogP) is 3.31. The molecule has 1 heterocycles. The topological polar surface area (TPSA) is 25.2 Å². The van der Waals surface area contributed by atoms with E-state index in [2.05, 4.69) is 5.32 Å². The Morgan fingerprint density at radius 3 is 2.22 bits per heavy atom. The Morgan fingerprint density at radius 2 is 1.78 bits per heavy atom. The summed E-state index contributed by atoms with van der Waals surface area (Å²) in [4.78, 5) is 0. The number of aryl methyl sites for hydroxylation is 1. The van der Waals surface area contributed by atoms with Crippen LogP contribution >= 0.6 is 0 Å². The number of hydrogen-bond donors (Lipinski definition) is 1. The monoisotopic (exact) mass is 255 g/mol. The molecule has 0 bridgehead atoms. The lowest BCUT2D eigenvalue weighted by Gasteiger charge is -2.17. The highest BCUT2D eigenvalue weighted by Crippen LogP contribution is 2.29. The first-order chi connectivity index (χ1) is 8.54. The van der Waals surface area contributed by atoms with E-state index < -0.39 is 23.5 Å². The molecule has 1 aromatic heterocycles. The maximum atomic E-state index is 13.7. The Morgan fingerprint density at radius 1 is 1.17 bits per heavy atom. The number of furan rings is 1. The summed E-state index contributed by atoms with van der Waals surface area (Å²) in [5, 5.41) is 2.80. The third-order valence-corrected chi connectivity index (χ3v) is 2.83. The molecule has 0 saturated heterocycles. The van der Waals surface area contributed by atoms with Gasteiger partial charge in [0.1, 0.15) is 23.2 Å². The van der Waals surface area contributed by atoms with Gasteiger partial charge in [-0.25, -0.2) is 13.2 Å². The summed E-state index contributed by atoms with van der Waals surface area (Å²) in [5.41, 5.74) is 0.394. The minimum absolute atomic E-state index is 0.219. The van der Waals surface area contributed by atoms with Gasteiger partial charge < -0.3 is 9.73 Å². The van der Waals surface area contributed by atoms with Crippen molar-refractivity contribution in [1.29, 1.82) is 0 Å². The summed E-state index contributed by atoms with van der Waals surface area (Å²) in [6.07, 6.45) is 1.44. The quantitative estimate of drug-likeness (QED) is 0.910. The zero-order chi connectivity index (χ0) is 13.3. The maximum Gasteiger partial charge on any atom is 0.134 e. The van der Waals surface area contributed by atoms with Crippen molar-refractivity contribution in [2.24, 2.45) is 0 Å². The lowest BCUT2D eigenvalue weighted by atomic mass is 9.98. The van der Waals surface area contributed by atoms with E-state index in [1.54, 1.807) is 20.0 Å². The number of halogens is 3. The molecule has 0 aliphatic carbocycles. The van der Waals surface area contributed by atoms with Gasteiger partial charge in [0.05, 0.1) is 12.3 Å². The molecule has 1 unspecified atom stereocenters. The molecule has 0 saturated carbocycles. The van der Waals surface area contributed by atoms with Crippen LogP contribution < -0.4 is 5.32 Å². The molecule has 0 amide bonds. The third-order valence-electron chi connectivity index (χ3n) is 2.83. The van der Waals surface area contributed by atoms with E-state index in [0.717, 1.165) is 0 Å². The highest BCUT2D eigenvalue weighted by atomic mass is 19.1. The number of hydrogen-bond acceptors (Lipinski definition) is 2. The first-order valence-corrected chi connectivity index (χ1v) is 5.40. The second-order valence-corrected chi connectivity index (χ2v) is 3.94. The van der Waals surface area contributed by atoms with Gasteiger partial charge in [-0.1, -0.05) is 0 Å². The van der Waals surface area contributed by atoms with Gasteiger partial charge in [-0.05, 0) is 20.0 Å². The highest BCUT2D eigenvalue weighted by molar-refractivity contribution is 5.35. The van der Waals surface area contributed by atoms with E-state index in [4.69, 9.17) is 4.42 Å². The van der Waals surface area contributed by atoms with E-state index in [1.807, 2.05) is 0 Å². The molecule has 1 N–H and O–H groups in total. The largest absolute Gasteiger partial charge is 0.469 e. The van der Waals surface area contributed by atoms with E-state index in [0.29, 0.717) is 23.5 Å². The third kappa shape index (κ3) is 2.13. The first kappa shape index (κ1) is 12.7. The molecule has 1 atom stereocenters. The van der Waals surface area contributed by atoms with Crippen molar-refractivity contribution in [2.75, 3.05) is 7.05 Å². The minimum atomic E-state index is -0.937. The summed E-state index contributed by atoms with van der Waals surface area (Å²) in [7, 11) is 1.57. The Kier molecular flexibility index (Phi) is 3.43. The fourth-order valence-corrected chi connectivity index (χ4v) is 1.98. The van der Waals surface area contributed by atoms with Crippen molar-refractivity contribution in [3.05, 3.63) is 58.8 Å². The van der Waals surface area contributed by atoms with Gasteiger partial charge in [0.2, 0.25) is 0 Å². The second kappa shape index (κ2) is 4.86. The lowest BCUT2D eigenvalue weighted by molar-refractivity contribution is 0.490. The molecule has 0 aliphatic rings. The molecule has 2 rings (SSSR count). The van der Waals surface area contributed by atoms with Crippen LogP contribution in [0.1, 0.15) is 22.9 Å². The zero-order valence-electron chi connectivity index (χ0n) is 9.93. The molecule has 0 spiro atoms. The van der Waals surface area contributed by atoms with Crippen LogP contribution in [0.25, 0.3) is 0 Å². The van der Waals surface area contributed by atoms with Gasteiger partial charge in [0.15, 0.2) is 0 Å². The van der Waals surface area contributed by atoms with Gasteiger partial charge in [0, 0.05) is 23.3 Å². The van der Waals surface area contributed by atoms with Crippen LogP contribution in [0, 0.1) is 24.4 Å². The zero-order valence-corrected chi connectivity index (χ0v) is 9.93. The molecule has 1 aromatic carbocycles. The molecular weight excluding hydrogens is 243 g/mol. The van der Waals surface area contributed by atoms with Crippen LogP contribution in [0.3, 0.4) is 0 Å². The van der Waals surface area contributed by atoms with Crippen LogP contribution in [0.2, 0.25) is 0 Å². The van der Waals surface area contributed by atoms with Gasteiger partial charge in [-0.3, -0.25) is 0 Å². The SMILES string of the molecule is CNC(c1ccoc1C)c1c(F)cc(F)cc1F. The number of benzene rings is 1. The van der Waals surface area contributed by atoms with E-state index in [-0.39, 0.29) is 5.56 Å². The van der Waals surface area contributed by atoms with Crippen LogP contribution in [-0.2, 0) is 0 Å². The summed E-state index contributed by atoms with van der Waals surface area (Å²) in [5.74, 6) is -2.23. The van der Waals surface area contributed by atoms with Crippen molar-refractivity contribution in [1.82, 2.24) is 5.32 Å². The molecule has 0 fully saturated rings. The van der Waals surface area contributed by atoms with Crippen LogP contribution in [0.4, 0.5) is 13.2 Å². The van der Waals surface area contributed by atoms with Gasteiger partial charge >= 0.3 is 0 Å². The molecule has 2 nitrogen and oxygen atoms in total. The molecule has 96 valence electrons. The van der Waals surface area contributed by atoms with E-state index >= 15 is 0 Å². The summed E-state index contributed by atoms with van der Waals surface area (Å²) in [6.45, 7) is 1.69. The molecule has 18 heavy (non-hydrogen) atoms. The second-order valence-electron chi connectivity index (χ2n) is 3.94. The number of nitrogens with one attached hydrogen (secondary N) is 1. The standard InChI is InChI=1S/C13H12F3NO/c1-7-9(3-4-18-7)13(17-2)12-10(15)5-8(14)6-11(12)16/h3-6,13,17H,1-2H3. The van der Waals surface area contributed by atoms with Crippen molar-refractivity contribution < 1.29 is 17.6 Å². The van der Waals surface area contributed by atoms with Crippen molar-refractivity contribution >= 4 is 0 Å². The molecule has 2 aromatic rings. The molecule has 5 heteroatoms. The maximum absolute atomic E-state index is 13.7. The van der Waals surface area contributed by atoms with Gasteiger partial charge in [-0.15, -0.1) is 0 Å². The molecule has 0 radical (unpaired) electrons. The fourth-order valence-electron chi connectivity index (χ4n) is 1.98. The Bertz CT molecular complexity index is 542. The van der Waals surface area contributed by atoms with Crippen molar-refractivity contribution in [3.8, 4) is 0 Å². The van der Waals surface area contributed by atoms with E-state index in [1.165, 1.54) is 6.26 Å². The minimum Gasteiger partial charge on any atom is -0.469 e. The summed E-state index contributed by atoms with van der Waals surface area (Å²) in [6, 6.07) is 2.24. The smallest absolute Gasteiger partial charge is 0.134 e. The van der Waals surface area contributed by atoms with Crippen LogP contribution in [0.5, 0.6) is 0 Å². The van der Waals surface area contributed by atoms with Crippen LogP contribution in [-0.4, -0.2) is 7.05 Å².